The zero-order valence-corrected chi connectivity index (χ0v) is 16.5. The first-order valence-electron chi connectivity index (χ1n) is 9.48. The van der Waals surface area contributed by atoms with Gasteiger partial charge in [-0.05, 0) is 35.6 Å². The molecule has 0 unspecified atom stereocenters. The number of pyridine rings is 1. The second-order valence-corrected chi connectivity index (χ2v) is 7.65. The summed E-state index contributed by atoms with van der Waals surface area (Å²) in [6.07, 6.45) is 2.20. The second kappa shape index (κ2) is 7.80. The lowest BCUT2D eigenvalue weighted by Crippen LogP contribution is -2.35. The minimum atomic E-state index is -0.408. The van der Waals surface area contributed by atoms with Crippen LogP contribution < -0.4 is 11.1 Å². The lowest BCUT2D eigenvalue weighted by Gasteiger charge is -2.25. The molecule has 1 aromatic heterocycles. The van der Waals surface area contributed by atoms with E-state index in [0.29, 0.717) is 5.56 Å². The SMILES string of the molecule is CCCC(C)(C)c1cccc(-c2cc(C(=O)NC(=N)N)c3ccccc3n2)c1. The molecule has 3 rings (SSSR count). The number of nitrogens with zero attached hydrogens (tertiary/aromatic N) is 1. The van der Waals surface area contributed by atoms with Gasteiger partial charge < -0.3 is 5.73 Å². The van der Waals surface area contributed by atoms with Crippen LogP contribution in [0.2, 0.25) is 0 Å². The normalized spacial score (nSPS) is 11.4. The van der Waals surface area contributed by atoms with E-state index in [1.54, 1.807) is 6.07 Å². The van der Waals surface area contributed by atoms with Gasteiger partial charge in [-0.2, -0.15) is 0 Å². The zero-order chi connectivity index (χ0) is 20.3. The molecule has 0 aliphatic heterocycles. The molecule has 4 N–H and O–H groups in total. The molecule has 0 aliphatic carbocycles. The Bertz CT molecular complexity index is 1040. The number of rotatable bonds is 5. The van der Waals surface area contributed by atoms with Crippen LogP contribution in [0.25, 0.3) is 22.2 Å². The second-order valence-electron chi connectivity index (χ2n) is 7.65. The van der Waals surface area contributed by atoms with E-state index in [-0.39, 0.29) is 11.4 Å². The standard InChI is InChI=1S/C23H26N4O/c1-4-12-23(2,3)16-9-7-8-15(13-16)20-14-18(21(28)27-22(24)25)17-10-5-6-11-19(17)26-20/h5-11,13-14H,4,12H2,1-3H3,(H4,24,25,27,28). The van der Waals surface area contributed by atoms with Crippen molar-refractivity contribution in [2.75, 3.05) is 0 Å². The number of nitrogens with one attached hydrogen (secondary N) is 2. The fourth-order valence-electron chi connectivity index (χ4n) is 3.57. The predicted molar refractivity (Wildman–Crippen MR) is 114 cm³/mol. The Balaban J connectivity index is 2.14. The molecule has 28 heavy (non-hydrogen) atoms. The largest absolute Gasteiger partial charge is 0.370 e. The van der Waals surface area contributed by atoms with Crippen LogP contribution in [0.4, 0.5) is 0 Å². The van der Waals surface area contributed by atoms with E-state index < -0.39 is 5.91 Å². The molecule has 5 nitrogen and oxygen atoms in total. The molecular weight excluding hydrogens is 348 g/mol. The van der Waals surface area contributed by atoms with Crippen LogP contribution >= 0.6 is 0 Å². The van der Waals surface area contributed by atoms with Crippen molar-refractivity contribution in [3.8, 4) is 11.3 Å². The summed E-state index contributed by atoms with van der Waals surface area (Å²) < 4.78 is 0. The van der Waals surface area contributed by atoms with Gasteiger partial charge in [-0.3, -0.25) is 15.5 Å². The third-order valence-electron chi connectivity index (χ3n) is 5.02. The molecule has 0 saturated carbocycles. The Morgan fingerprint density at radius 2 is 1.89 bits per heavy atom. The molecule has 0 aliphatic rings. The fraction of sp³-hybridized carbons (Fsp3) is 0.261. The van der Waals surface area contributed by atoms with Crippen LogP contribution in [-0.4, -0.2) is 16.9 Å². The summed E-state index contributed by atoms with van der Waals surface area (Å²) in [5.41, 5.74) is 9.54. The Morgan fingerprint density at radius 1 is 1.14 bits per heavy atom. The Hall–Kier alpha value is -3.21. The summed E-state index contributed by atoms with van der Waals surface area (Å²) in [5, 5.41) is 10.5. The van der Waals surface area contributed by atoms with Gasteiger partial charge in [-0.25, -0.2) is 4.98 Å². The predicted octanol–water partition coefficient (Wildman–Crippen LogP) is 4.60. The quantitative estimate of drug-likeness (QED) is 0.450. The molecule has 1 heterocycles. The van der Waals surface area contributed by atoms with E-state index in [2.05, 4.69) is 38.2 Å². The third-order valence-corrected chi connectivity index (χ3v) is 5.02. The van der Waals surface area contributed by atoms with E-state index >= 15 is 0 Å². The maximum absolute atomic E-state index is 12.6. The van der Waals surface area contributed by atoms with Crippen LogP contribution in [0.15, 0.2) is 54.6 Å². The lowest BCUT2D eigenvalue weighted by atomic mass is 9.80. The van der Waals surface area contributed by atoms with Crippen molar-refractivity contribution in [2.45, 2.75) is 39.0 Å². The number of benzene rings is 2. The van der Waals surface area contributed by atoms with Gasteiger partial charge in [0.25, 0.3) is 5.91 Å². The van der Waals surface area contributed by atoms with E-state index in [1.165, 1.54) is 5.56 Å². The van der Waals surface area contributed by atoms with Crippen molar-refractivity contribution in [3.63, 3.8) is 0 Å². The highest BCUT2D eigenvalue weighted by atomic mass is 16.1. The van der Waals surface area contributed by atoms with Gasteiger partial charge >= 0.3 is 0 Å². The molecule has 0 fully saturated rings. The average molecular weight is 374 g/mol. The van der Waals surface area contributed by atoms with E-state index in [9.17, 15) is 4.79 Å². The number of amides is 1. The zero-order valence-electron chi connectivity index (χ0n) is 16.5. The summed E-state index contributed by atoms with van der Waals surface area (Å²) in [5.74, 6) is -0.787. The van der Waals surface area contributed by atoms with Crippen LogP contribution in [0.1, 0.15) is 49.5 Å². The first-order chi connectivity index (χ1) is 13.3. The number of para-hydroxylation sites is 1. The molecule has 0 atom stereocenters. The summed E-state index contributed by atoms with van der Waals surface area (Å²) >= 11 is 0. The lowest BCUT2D eigenvalue weighted by molar-refractivity contribution is 0.0978. The number of fused-ring (bicyclic) bond motifs is 1. The Labute approximate surface area is 165 Å². The number of carbonyl (C=O) groups is 1. The van der Waals surface area contributed by atoms with E-state index in [4.69, 9.17) is 16.1 Å². The highest BCUT2D eigenvalue weighted by Crippen LogP contribution is 2.32. The third kappa shape index (κ3) is 4.03. The molecule has 144 valence electrons. The Kier molecular flexibility index (Phi) is 5.45. The first-order valence-corrected chi connectivity index (χ1v) is 9.48. The molecule has 1 amide bonds. The average Bonchev–Trinajstić information content (AvgIpc) is 2.66. The van der Waals surface area contributed by atoms with E-state index in [0.717, 1.165) is 35.0 Å². The van der Waals surface area contributed by atoms with Crippen LogP contribution in [0.3, 0.4) is 0 Å². The van der Waals surface area contributed by atoms with Crippen molar-refractivity contribution in [3.05, 3.63) is 65.7 Å². The molecule has 5 heteroatoms. The van der Waals surface area contributed by atoms with Gasteiger partial charge in [-0.15, -0.1) is 0 Å². The van der Waals surface area contributed by atoms with Gasteiger partial charge in [-0.1, -0.05) is 63.6 Å². The smallest absolute Gasteiger partial charge is 0.258 e. The number of hydrogen-bond donors (Lipinski definition) is 3. The van der Waals surface area contributed by atoms with Gasteiger partial charge in [0.2, 0.25) is 0 Å². The van der Waals surface area contributed by atoms with E-state index in [1.807, 2.05) is 36.4 Å². The summed E-state index contributed by atoms with van der Waals surface area (Å²) in [6.45, 7) is 6.68. The summed E-state index contributed by atoms with van der Waals surface area (Å²) in [7, 11) is 0. The molecular formula is C23H26N4O. The van der Waals surface area contributed by atoms with Crippen LogP contribution in [0.5, 0.6) is 0 Å². The molecule has 0 bridgehead atoms. The topological polar surface area (TPSA) is 91.9 Å². The van der Waals surface area contributed by atoms with Crippen molar-refractivity contribution in [1.29, 1.82) is 5.41 Å². The first kappa shape index (κ1) is 19.5. The number of aromatic nitrogens is 1. The maximum Gasteiger partial charge on any atom is 0.258 e. The minimum absolute atomic E-state index is 0.0659. The summed E-state index contributed by atoms with van der Waals surface area (Å²) in [6, 6.07) is 17.6. The molecule has 2 aromatic carbocycles. The molecule has 0 spiro atoms. The van der Waals surface area contributed by atoms with Crippen LogP contribution in [0, 0.1) is 5.41 Å². The minimum Gasteiger partial charge on any atom is -0.370 e. The number of nitrogens with two attached hydrogens (primary N) is 1. The summed E-state index contributed by atoms with van der Waals surface area (Å²) in [4.78, 5) is 17.4. The number of hydrogen-bond acceptors (Lipinski definition) is 3. The number of guanidine groups is 1. The van der Waals surface area contributed by atoms with Crippen molar-refractivity contribution < 1.29 is 4.79 Å². The van der Waals surface area contributed by atoms with Gasteiger partial charge in [0.1, 0.15) is 0 Å². The van der Waals surface area contributed by atoms with Crippen molar-refractivity contribution >= 4 is 22.8 Å². The fourth-order valence-corrected chi connectivity index (χ4v) is 3.57. The molecule has 0 saturated heterocycles. The maximum atomic E-state index is 12.6. The molecule has 0 radical (unpaired) electrons. The van der Waals surface area contributed by atoms with Crippen LogP contribution in [-0.2, 0) is 5.41 Å². The Morgan fingerprint density at radius 3 is 2.61 bits per heavy atom. The highest BCUT2D eigenvalue weighted by molar-refractivity contribution is 6.12. The van der Waals surface area contributed by atoms with Gasteiger partial charge in [0.05, 0.1) is 16.8 Å². The van der Waals surface area contributed by atoms with Gasteiger partial charge in [0.15, 0.2) is 5.96 Å². The highest BCUT2D eigenvalue weighted by Gasteiger charge is 2.20. The molecule has 3 aromatic rings. The number of carbonyl (C=O) groups excluding carboxylic acids is 1. The van der Waals surface area contributed by atoms with Crippen molar-refractivity contribution in [2.24, 2.45) is 5.73 Å². The van der Waals surface area contributed by atoms with Gasteiger partial charge in [0, 0.05) is 10.9 Å². The van der Waals surface area contributed by atoms with Crippen molar-refractivity contribution in [1.82, 2.24) is 10.3 Å². The monoisotopic (exact) mass is 374 g/mol.